The van der Waals surface area contributed by atoms with Gasteiger partial charge in [-0.1, -0.05) is 147 Å². The third-order valence-corrected chi connectivity index (χ3v) is 16.4. The number of hydrogen-bond acceptors (Lipinski definition) is 26. The second-order valence-electron chi connectivity index (χ2n) is 20.9. The highest BCUT2D eigenvalue weighted by Crippen LogP contribution is 2.42. The molecule has 6 aromatic carbocycles. The molecule has 0 spiro atoms. The summed E-state index contributed by atoms with van der Waals surface area (Å²) < 4.78 is 0. The van der Waals surface area contributed by atoms with E-state index in [2.05, 4.69) is 107 Å². The van der Waals surface area contributed by atoms with Gasteiger partial charge in [-0.15, -0.1) is 20.5 Å². The average Bonchev–Trinajstić information content (AvgIpc) is 0.817. The topological polar surface area (TPSA) is 447 Å². The first-order valence-electron chi connectivity index (χ1n) is 29.8. The smallest absolute Gasteiger partial charge is 0.337 e. The Balaban J connectivity index is 0.999. The maximum atomic E-state index is 12.9. The quantitative estimate of drug-likeness (QED) is 0.00744. The molecule has 0 fully saturated rings. The lowest BCUT2D eigenvalue weighted by molar-refractivity contribution is -0.138. The van der Waals surface area contributed by atoms with Crippen molar-refractivity contribution < 1.29 is 59.4 Å². The molecule has 2 aromatic heterocycles. The molecule has 8 aromatic rings. The molecule has 0 saturated heterocycles. The van der Waals surface area contributed by atoms with Gasteiger partial charge in [0.2, 0.25) is 47.5 Å². The molecule has 0 bridgehead atoms. The van der Waals surface area contributed by atoms with Crippen LogP contribution in [0.4, 0.5) is 69.8 Å². The molecule has 0 saturated carbocycles. The van der Waals surface area contributed by atoms with Crippen LogP contribution >= 0.6 is 21.6 Å². The molecule has 0 aliphatic rings. The molecule has 32 heteroatoms. The normalized spacial score (nSPS) is 11.9. The Labute approximate surface area is 545 Å². The van der Waals surface area contributed by atoms with Crippen molar-refractivity contribution in [3.63, 3.8) is 0 Å². The lowest BCUT2D eigenvalue weighted by Gasteiger charge is -2.18. The van der Waals surface area contributed by atoms with Gasteiger partial charge < -0.3 is 51.9 Å². The Bertz CT molecular complexity index is 3830. The van der Waals surface area contributed by atoms with E-state index in [1.807, 2.05) is 0 Å². The van der Waals surface area contributed by atoms with Crippen LogP contribution in [0.3, 0.4) is 0 Å². The van der Waals surface area contributed by atoms with Gasteiger partial charge in [0, 0.05) is 35.1 Å². The summed E-state index contributed by atoms with van der Waals surface area (Å²) in [5.41, 5.74) is 10.9. The number of aromatic hydroxyl groups is 2. The zero-order chi connectivity index (χ0) is 66.9. The molecule has 94 heavy (non-hydrogen) atoms. The van der Waals surface area contributed by atoms with Crippen molar-refractivity contribution >= 4 is 149 Å². The van der Waals surface area contributed by atoms with E-state index in [0.717, 1.165) is 73.0 Å². The van der Waals surface area contributed by atoms with Gasteiger partial charge >= 0.3 is 23.9 Å². The Morgan fingerprint density at radius 3 is 1.19 bits per heavy atom. The number of carboxylic acids is 4. The highest BCUT2D eigenvalue weighted by molar-refractivity contribution is 8.76. The number of anilines is 8. The number of azo groups is 2. The molecule has 30 nitrogen and oxygen atoms in total. The first-order chi connectivity index (χ1) is 45.5. The van der Waals surface area contributed by atoms with E-state index in [1.54, 1.807) is 72.8 Å². The Kier molecular flexibility index (Phi) is 25.2. The molecular formula is C62H68N18O12S2. The number of carbonyl (C=O) groups excluding carboxylic acids is 2. The molecular weight excluding hydrogens is 1250 g/mol. The van der Waals surface area contributed by atoms with Crippen molar-refractivity contribution in [2.24, 2.45) is 20.5 Å². The number of amides is 2. The van der Waals surface area contributed by atoms with Crippen LogP contribution < -0.4 is 43.0 Å². The second-order valence-corrected chi connectivity index (χ2v) is 23.4. The number of fused-ring (bicyclic) bond motifs is 2. The van der Waals surface area contributed by atoms with Gasteiger partial charge in [0.25, 0.3) is 0 Å². The standard InChI is InChI=1S/C62H68N18O12S2/c1-3-5-7-9-11-27-47(81)77-79-61-69-57(63-41-25-17-19-35-29-31-43(51(83)49(35)41)75-73-39-23-15-13-21-37(39)53(85)86)67-59(71-61)65-45(55(89)90)33-93-94-34-46(56(91)92)66-60-68-58(70-62(72-60)80-78-48(82)28-12-10-8-6-4-2)64-42-26-18-20-36-30-32-44(52(84)50(36)42)76-74-40-24-16-14-22-38(40)54(87)88/h13-26,29-32,45-46,83-84H,3-12,27-28,33-34H2,1-2H3,(H,77,81)(H,78,82)(H,85,86)(H,87,88)(H,89,90)(H,91,92)(H3,63,65,67,69,71,79)(H3,64,66,68,70,72,80)/b75-73+,76-74+. The Morgan fingerprint density at radius 1 is 0.426 bits per heavy atom. The number of rotatable bonds is 37. The van der Waals surface area contributed by atoms with E-state index in [1.165, 1.54) is 36.4 Å². The van der Waals surface area contributed by atoms with E-state index < -0.39 is 36.0 Å². The van der Waals surface area contributed by atoms with Crippen molar-refractivity contribution in [3.05, 3.63) is 120 Å². The van der Waals surface area contributed by atoms with E-state index in [9.17, 15) is 59.4 Å². The summed E-state index contributed by atoms with van der Waals surface area (Å²) in [4.78, 5) is 102. The van der Waals surface area contributed by atoms with Crippen molar-refractivity contribution in [3.8, 4) is 11.5 Å². The molecule has 2 atom stereocenters. The van der Waals surface area contributed by atoms with Crippen LogP contribution in [0.15, 0.2) is 130 Å². The number of carbonyl (C=O) groups is 6. The number of aliphatic carboxylic acids is 2. The lowest BCUT2D eigenvalue weighted by atomic mass is 10.1. The van der Waals surface area contributed by atoms with Crippen LogP contribution in [-0.4, -0.2) is 120 Å². The summed E-state index contributed by atoms with van der Waals surface area (Å²) in [6.07, 6.45) is 9.43. The first kappa shape index (κ1) is 68.9. The van der Waals surface area contributed by atoms with Gasteiger partial charge in [-0.25, -0.2) is 19.2 Å². The van der Waals surface area contributed by atoms with Gasteiger partial charge in [0.15, 0.2) is 11.5 Å². The third kappa shape index (κ3) is 19.7. The van der Waals surface area contributed by atoms with Gasteiger partial charge in [0.1, 0.15) is 34.8 Å². The number of nitrogens with zero attached hydrogens (tertiary/aromatic N) is 10. The monoisotopic (exact) mass is 1320 g/mol. The van der Waals surface area contributed by atoms with Crippen LogP contribution in [0.2, 0.25) is 0 Å². The Morgan fingerprint density at radius 2 is 0.798 bits per heavy atom. The minimum absolute atomic E-state index is 0.00720. The fraction of sp³-hybridized carbons (Fsp3) is 0.290. The fourth-order valence-electron chi connectivity index (χ4n) is 9.16. The number of aromatic nitrogens is 6. The number of aromatic carboxylic acids is 2. The van der Waals surface area contributed by atoms with E-state index in [-0.39, 0.29) is 139 Å². The van der Waals surface area contributed by atoms with Crippen molar-refractivity contribution in [2.45, 2.75) is 103 Å². The van der Waals surface area contributed by atoms with Crippen molar-refractivity contribution in [2.75, 3.05) is 43.6 Å². The molecule has 0 radical (unpaired) electrons. The number of nitrogens with one attached hydrogen (secondary N) is 8. The third-order valence-electron chi connectivity index (χ3n) is 14.0. The SMILES string of the molecule is CCCCCCCC(=O)NNc1nc(Nc2cccc3ccc(/N=N/c4ccccc4C(=O)O)c(O)c23)nc(NC(CSSCC(Nc2nc(NNC(=O)CCCCCCC)nc(Nc3cccc4ccc(/N=N/c5ccccc5C(=O)O)c(O)c34)n2)C(=O)O)C(=O)O)n1. The number of unbranched alkanes of at least 4 members (excludes halogenated alkanes) is 8. The predicted octanol–water partition coefficient (Wildman–Crippen LogP) is 12.9. The van der Waals surface area contributed by atoms with Crippen LogP contribution in [0.25, 0.3) is 21.5 Å². The summed E-state index contributed by atoms with van der Waals surface area (Å²) in [7, 11) is 1.99. The summed E-state index contributed by atoms with van der Waals surface area (Å²) in [5, 5.41) is 93.3. The van der Waals surface area contributed by atoms with Crippen molar-refractivity contribution in [1.82, 2.24) is 40.8 Å². The number of phenolic OH excluding ortho intramolecular Hbond substituents is 2. The number of hydrazine groups is 2. The second kappa shape index (κ2) is 34.4. The fourth-order valence-corrected chi connectivity index (χ4v) is 11.5. The maximum Gasteiger partial charge on any atom is 0.337 e. The van der Waals surface area contributed by atoms with Gasteiger partial charge in [0.05, 0.1) is 22.5 Å². The van der Waals surface area contributed by atoms with Crippen LogP contribution in [0.1, 0.15) is 112 Å². The number of hydrogen-bond donors (Lipinski definition) is 14. The largest absolute Gasteiger partial charge is 0.505 e. The van der Waals surface area contributed by atoms with E-state index in [0.29, 0.717) is 23.6 Å². The van der Waals surface area contributed by atoms with E-state index in [4.69, 9.17) is 0 Å². The summed E-state index contributed by atoms with van der Waals surface area (Å²) in [6, 6.07) is 25.4. The van der Waals surface area contributed by atoms with Crippen LogP contribution in [0, 0.1) is 0 Å². The van der Waals surface area contributed by atoms with Crippen molar-refractivity contribution in [1.29, 1.82) is 0 Å². The lowest BCUT2D eigenvalue weighted by Crippen LogP contribution is -2.34. The number of benzene rings is 6. The minimum Gasteiger partial charge on any atom is -0.505 e. The highest BCUT2D eigenvalue weighted by atomic mass is 33.1. The molecule has 490 valence electrons. The maximum absolute atomic E-state index is 12.9. The molecule has 2 unspecified atom stereocenters. The molecule has 0 aliphatic carbocycles. The summed E-state index contributed by atoms with van der Waals surface area (Å²) in [6.45, 7) is 4.17. The van der Waals surface area contributed by atoms with E-state index >= 15 is 0 Å². The minimum atomic E-state index is -1.42. The van der Waals surface area contributed by atoms with Gasteiger partial charge in [-0.2, -0.15) is 29.9 Å². The first-order valence-corrected chi connectivity index (χ1v) is 32.3. The zero-order valence-corrected chi connectivity index (χ0v) is 52.5. The van der Waals surface area contributed by atoms with Gasteiger partial charge in [-0.3, -0.25) is 31.3 Å². The molecule has 8 rings (SSSR count). The molecule has 14 N–H and O–H groups in total. The predicted molar refractivity (Wildman–Crippen MR) is 358 cm³/mol. The molecule has 2 amide bonds. The number of phenols is 2. The molecule has 0 aliphatic heterocycles. The zero-order valence-electron chi connectivity index (χ0n) is 50.9. The average molecular weight is 1320 g/mol. The van der Waals surface area contributed by atoms with Gasteiger partial charge in [-0.05, 0) is 72.1 Å². The molecule has 2 heterocycles. The van der Waals surface area contributed by atoms with Crippen LogP contribution in [-0.2, 0) is 19.2 Å². The summed E-state index contributed by atoms with van der Waals surface area (Å²) in [5.74, 6) is -8.25. The highest BCUT2D eigenvalue weighted by Gasteiger charge is 2.25. The van der Waals surface area contributed by atoms with Crippen LogP contribution in [0.5, 0.6) is 11.5 Å². The number of carboxylic acid groups (broad SMARTS) is 4. The summed E-state index contributed by atoms with van der Waals surface area (Å²) >= 11 is 0. The Hall–Kier alpha value is -11.0.